The molecule has 0 aliphatic heterocycles. The summed E-state index contributed by atoms with van der Waals surface area (Å²) >= 11 is 0. The van der Waals surface area contributed by atoms with Crippen LogP contribution in [0.3, 0.4) is 0 Å². The van der Waals surface area contributed by atoms with Gasteiger partial charge in [-0.2, -0.15) is 5.26 Å². The average Bonchev–Trinajstić information content (AvgIpc) is 2.59. The third kappa shape index (κ3) is 4.43. The highest BCUT2D eigenvalue weighted by molar-refractivity contribution is 5.98. The van der Waals surface area contributed by atoms with E-state index in [0.717, 1.165) is 24.0 Å². The van der Waals surface area contributed by atoms with Crippen molar-refractivity contribution in [3.05, 3.63) is 84.4 Å². The Labute approximate surface area is 132 Å². The fourth-order valence-corrected chi connectivity index (χ4v) is 2.33. The summed E-state index contributed by atoms with van der Waals surface area (Å²) < 4.78 is 0. The topological polar surface area (TPSA) is 36.1 Å². The van der Waals surface area contributed by atoms with Gasteiger partial charge in [-0.3, -0.25) is 4.99 Å². The lowest BCUT2D eigenvalue weighted by Crippen LogP contribution is -2.03. The highest BCUT2D eigenvalue weighted by Gasteiger charge is 2.13. The van der Waals surface area contributed by atoms with Crippen LogP contribution >= 0.6 is 0 Å². The van der Waals surface area contributed by atoms with Crippen LogP contribution in [-0.4, -0.2) is 5.71 Å². The molecule has 0 aromatic heterocycles. The third-order valence-corrected chi connectivity index (χ3v) is 3.47. The van der Waals surface area contributed by atoms with Crippen LogP contribution in [0.2, 0.25) is 0 Å². The van der Waals surface area contributed by atoms with Crippen LogP contribution < -0.4 is 0 Å². The number of nitriles is 1. The van der Waals surface area contributed by atoms with E-state index in [1.54, 1.807) is 0 Å². The highest BCUT2D eigenvalue weighted by Crippen LogP contribution is 2.26. The zero-order valence-electron chi connectivity index (χ0n) is 12.7. The molecule has 2 aromatic rings. The Hall–Kier alpha value is -2.66. The molecular formula is C20H20N2. The van der Waals surface area contributed by atoms with E-state index in [4.69, 9.17) is 4.99 Å². The summed E-state index contributed by atoms with van der Waals surface area (Å²) in [4.78, 5) is 4.73. The molecule has 2 aromatic carbocycles. The van der Waals surface area contributed by atoms with Crippen LogP contribution in [0.1, 0.15) is 36.4 Å². The second-order valence-electron chi connectivity index (χ2n) is 5.09. The first-order valence-corrected chi connectivity index (χ1v) is 7.52. The second-order valence-corrected chi connectivity index (χ2v) is 5.09. The van der Waals surface area contributed by atoms with E-state index in [0.29, 0.717) is 12.1 Å². The minimum Gasteiger partial charge on any atom is -0.266 e. The van der Waals surface area contributed by atoms with Crippen molar-refractivity contribution in [2.75, 3.05) is 0 Å². The zero-order chi connectivity index (χ0) is 15.6. The van der Waals surface area contributed by atoms with Crippen LogP contribution in [0.5, 0.6) is 0 Å². The Morgan fingerprint density at radius 2 is 1.59 bits per heavy atom. The van der Waals surface area contributed by atoms with Gasteiger partial charge in [0.15, 0.2) is 0 Å². The molecule has 0 saturated heterocycles. The van der Waals surface area contributed by atoms with Crippen LogP contribution in [0, 0.1) is 11.3 Å². The molecule has 2 heteroatoms. The zero-order valence-corrected chi connectivity index (χ0v) is 12.7. The summed E-state index contributed by atoms with van der Waals surface area (Å²) in [5.74, 6) is 0. The molecular weight excluding hydrogens is 268 g/mol. The SMILES string of the molecule is C=CCCCC(C#N)=NC(c1ccccc1)c1ccccc1. The van der Waals surface area contributed by atoms with Crippen molar-refractivity contribution in [1.29, 1.82) is 5.26 Å². The Morgan fingerprint density at radius 1 is 1.05 bits per heavy atom. The quantitative estimate of drug-likeness (QED) is 0.397. The van der Waals surface area contributed by atoms with Gasteiger partial charge >= 0.3 is 0 Å². The minimum atomic E-state index is -0.124. The maximum Gasteiger partial charge on any atom is 0.114 e. The lowest BCUT2D eigenvalue weighted by Gasteiger charge is -2.14. The number of benzene rings is 2. The van der Waals surface area contributed by atoms with Crippen LogP contribution in [0.15, 0.2) is 78.3 Å². The molecule has 0 spiro atoms. The normalized spacial score (nSPS) is 11.2. The first-order valence-electron chi connectivity index (χ1n) is 7.52. The smallest absolute Gasteiger partial charge is 0.114 e. The van der Waals surface area contributed by atoms with Gasteiger partial charge in [-0.25, -0.2) is 0 Å². The van der Waals surface area contributed by atoms with Crippen LogP contribution in [0.4, 0.5) is 0 Å². The van der Waals surface area contributed by atoms with Gasteiger partial charge in [-0.05, 0) is 30.4 Å². The number of hydrogen-bond acceptors (Lipinski definition) is 2. The van der Waals surface area contributed by atoms with E-state index in [2.05, 4.69) is 36.9 Å². The fraction of sp³-hybridized carbons (Fsp3) is 0.200. The first-order chi connectivity index (χ1) is 10.8. The van der Waals surface area contributed by atoms with Crippen molar-refractivity contribution in [2.45, 2.75) is 25.3 Å². The van der Waals surface area contributed by atoms with E-state index in [9.17, 15) is 5.26 Å². The largest absolute Gasteiger partial charge is 0.266 e. The molecule has 0 radical (unpaired) electrons. The predicted octanol–water partition coefficient (Wildman–Crippen LogP) is 5.10. The number of allylic oxidation sites excluding steroid dienone is 1. The molecule has 0 heterocycles. The molecule has 0 N–H and O–H groups in total. The van der Waals surface area contributed by atoms with Crippen LogP contribution in [-0.2, 0) is 0 Å². The van der Waals surface area contributed by atoms with E-state index in [-0.39, 0.29) is 6.04 Å². The Balaban J connectivity index is 2.32. The van der Waals surface area contributed by atoms with Crippen molar-refractivity contribution in [3.63, 3.8) is 0 Å². The molecule has 0 fully saturated rings. The monoisotopic (exact) mass is 288 g/mol. The first kappa shape index (κ1) is 15.7. The number of unbranched alkanes of at least 4 members (excludes halogenated alkanes) is 1. The summed E-state index contributed by atoms with van der Waals surface area (Å²) in [6.07, 6.45) is 4.38. The molecule has 0 aliphatic carbocycles. The van der Waals surface area contributed by atoms with Crippen molar-refractivity contribution in [1.82, 2.24) is 0 Å². The van der Waals surface area contributed by atoms with Gasteiger partial charge in [0.1, 0.15) is 17.8 Å². The van der Waals surface area contributed by atoms with E-state index >= 15 is 0 Å². The number of rotatable bonds is 7. The molecule has 2 rings (SSSR count). The minimum absolute atomic E-state index is 0.124. The molecule has 0 amide bonds. The lowest BCUT2D eigenvalue weighted by atomic mass is 9.99. The summed E-state index contributed by atoms with van der Waals surface area (Å²) in [7, 11) is 0. The van der Waals surface area contributed by atoms with Crippen LogP contribution in [0.25, 0.3) is 0 Å². The highest BCUT2D eigenvalue weighted by atomic mass is 14.8. The van der Waals surface area contributed by atoms with Gasteiger partial charge in [0.25, 0.3) is 0 Å². The maximum atomic E-state index is 9.36. The molecule has 2 nitrogen and oxygen atoms in total. The average molecular weight is 288 g/mol. The lowest BCUT2D eigenvalue weighted by molar-refractivity contribution is 0.844. The fourth-order valence-electron chi connectivity index (χ4n) is 2.33. The number of aliphatic imine (C=N–C) groups is 1. The molecule has 0 aliphatic rings. The summed E-state index contributed by atoms with van der Waals surface area (Å²) in [6, 6.07) is 22.3. The van der Waals surface area contributed by atoms with Gasteiger partial charge in [0, 0.05) is 0 Å². The Morgan fingerprint density at radius 3 is 2.05 bits per heavy atom. The van der Waals surface area contributed by atoms with Gasteiger partial charge in [-0.15, -0.1) is 6.58 Å². The third-order valence-electron chi connectivity index (χ3n) is 3.47. The summed E-state index contributed by atoms with van der Waals surface area (Å²) in [6.45, 7) is 3.72. The second kappa shape index (κ2) is 8.59. The number of hydrogen-bond donors (Lipinski definition) is 0. The Kier molecular flexibility index (Phi) is 6.14. The van der Waals surface area contributed by atoms with Crippen molar-refractivity contribution in [2.24, 2.45) is 4.99 Å². The Bertz CT molecular complexity index is 612. The van der Waals surface area contributed by atoms with Crippen molar-refractivity contribution < 1.29 is 0 Å². The predicted molar refractivity (Wildman–Crippen MR) is 91.8 cm³/mol. The summed E-state index contributed by atoms with van der Waals surface area (Å²) in [5, 5.41) is 9.36. The molecule has 110 valence electrons. The van der Waals surface area contributed by atoms with Gasteiger partial charge < -0.3 is 0 Å². The van der Waals surface area contributed by atoms with Gasteiger partial charge in [-0.1, -0.05) is 66.7 Å². The van der Waals surface area contributed by atoms with Crippen molar-refractivity contribution in [3.8, 4) is 6.07 Å². The molecule has 0 saturated carbocycles. The van der Waals surface area contributed by atoms with Gasteiger partial charge in [0.2, 0.25) is 0 Å². The molecule has 0 bridgehead atoms. The molecule has 22 heavy (non-hydrogen) atoms. The van der Waals surface area contributed by atoms with Gasteiger partial charge in [0.05, 0.1) is 0 Å². The molecule has 0 atom stereocenters. The number of nitrogens with zero attached hydrogens (tertiary/aromatic N) is 2. The van der Waals surface area contributed by atoms with E-state index in [1.165, 1.54) is 0 Å². The molecule has 0 unspecified atom stereocenters. The standard InChI is InChI=1S/C20H20N2/c1-2-3-6-15-19(16-21)22-20(17-11-7-4-8-12-17)18-13-9-5-10-14-18/h2,4-5,7-14,20H,1,3,6,15H2. The summed E-state index contributed by atoms with van der Waals surface area (Å²) in [5.41, 5.74) is 2.80. The van der Waals surface area contributed by atoms with E-state index in [1.807, 2.05) is 42.5 Å². The maximum absolute atomic E-state index is 9.36. The van der Waals surface area contributed by atoms with Crippen molar-refractivity contribution >= 4 is 5.71 Å². The van der Waals surface area contributed by atoms with E-state index < -0.39 is 0 Å².